The SMILES string of the molecule is CSc1ccc(-c2c(-c3cccc(C)c3)nc3ncccn23)cc1Br. The molecule has 2 aromatic carbocycles. The number of rotatable bonds is 3. The fourth-order valence-electron chi connectivity index (χ4n) is 2.97. The molecule has 0 unspecified atom stereocenters. The summed E-state index contributed by atoms with van der Waals surface area (Å²) in [6, 6.07) is 16.8. The average Bonchev–Trinajstić information content (AvgIpc) is 3.01. The van der Waals surface area contributed by atoms with Gasteiger partial charge >= 0.3 is 0 Å². The van der Waals surface area contributed by atoms with Crippen molar-refractivity contribution in [3.8, 4) is 22.5 Å². The Morgan fingerprint density at radius 3 is 2.68 bits per heavy atom. The van der Waals surface area contributed by atoms with Crippen molar-refractivity contribution in [2.24, 2.45) is 0 Å². The van der Waals surface area contributed by atoms with E-state index in [1.54, 1.807) is 18.0 Å². The molecule has 5 heteroatoms. The number of benzene rings is 2. The normalized spacial score (nSPS) is 11.2. The van der Waals surface area contributed by atoms with Crippen molar-refractivity contribution in [3.05, 3.63) is 71.0 Å². The lowest BCUT2D eigenvalue weighted by Crippen LogP contribution is -1.91. The summed E-state index contributed by atoms with van der Waals surface area (Å²) in [6.07, 6.45) is 5.87. The number of imidazole rings is 1. The predicted octanol–water partition coefficient (Wildman–Crippen LogP) is 5.86. The minimum absolute atomic E-state index is 0.707. The summed E-state index contributed by atoms with van der Waals surface area (Å²) in [5.41, 5.74) is 5.44. The van der Waals surface area contributed by atoms with E-state index in [2.05, 4.69) is 81.0 Å². The molecule has 0 amide bonds. The fraction of sp³-hybridized carbons (Fsp3) is 0.100. The third-order valence-electron chi connectivity index (χ3n) is 4.12. The quantitative estimate of drug-likeness (QED) is 0.397. The van der Waals surface area contributed by atoms with Crippen LogP contribution in [0, 0.1) is 6.92 Å². The van der Waals surface area contributed by atoms with Crippen LogP contribution in [0.4, 0.5) is 0 Å². The van der Waals surface area contributed by atoms with Gasteiger partial charge < -0.3 is 0 Å². The van der Waals surface area contributed by atoms with Gasteiger partial charge in [0.1, 0.15) is 0 Å². The van der Waals surface area contributed by atoms with E-state index in [0.717, 1.165) is 27.0 Å². The second kappa shape index (κ2) is 6.65. The number of nitrogens with zero attached hydrogens (tertiary/aromatic N) is 3. The van der Waals surface area contributed by atoms with Gasteiger partial charge in [-0.15, -0.1) is 11.8 Å². The van der Waals surface area contributed by atoms with Crippen molar-refractivity contribution in [3.63, 3.8) is 0 Å². The topological polar surface area (TPSA) is 30.2 Å². The van der Waals surface area contributed by atoms with Crippen LogP contribution in [0.15, 0.2) is 70.3 Å². The van der Waals surface area contributed by atoms with Gasteiger partial charge in [0.2, 0.25) is 5.78 Å². The molecule has 4 rings (SSSR count). The predicted molar refractivity (Wildman–Crippen MR) is 108 cm³/mol. The van der Waals surface area contributed by atoms with E-state index in [1.807, 2.05) is 12.3 Å². The number of hydrogen-bond acceptors (Lipinski definition) is 3. The van der Waals surface area contributed by atoms with Crippen LogP contribution in [0.25, 0.3) is 28.3 Å². The maximum atomic E-state index is 4.80. The lowest BCUT2D eigenvalue weighted by molar-refractivity contribution is 1.11. The molecule has 0 aliphatic heterocycles. The van der Waals surface area contributed by atoms with Crippen molar-refractivity contribution in [1.29, 1.82) is 0 Å². The summed E-state index contributed by atoms with van der Waals surface area (Å²) in [5, 5.41) is 0. The highest BCUT2D eigenvalue weighted by molar-refractivity contribution is 9.10. The van der Waals surface area contributed by atoms with Crippen LogP contribution in [0.1, 0.15) is 5.56 Å². The molecule has 25 heavy (non-hydrogen) atoms. The molecule has 0 saturated carbocycles. The summed E-state index contributed by atoms with van der Waals surface area (Å²) in [7, 11) is 0. The molecule has 0 saturated heterocycles. The van der Waals surface area contributed by atoms with Crippen molar-refractivity contribution in [2.75, 3.05) is 6.26 Å². The van der Waals surface area contributed by atoms with E-state index in [4.69, 9.17) is 4.98 Å². The highest BCUT2D eigenvalue weighted by Gasteiger charge is 2.17. The van der Waals surface area contributed by atoms with Gasteiger partial charge in [-0.3, -0.25) is 4.40 Å². The standard InChI is InChI=1S/C20H16BrN3S/c1-13-5-3-6-14(11-13)18-19(24-10-4-9-22-20(24)23-18)15-7-8-17(25-2)16(21)12-15/h3-12H,1-2H3. The van der Waals surface area contributed by atoms with Gasteiger partial charge in [-0.25, -0.2) is 9.97 Å². The lowest BCUT2D eigenvalue weighted by Gasteiger charge is -2.08. The molecule has 0 spiro atoms. The molecule has 0 bridgehead atoms. The summed E-state index contributed by atoms with van der Waals surface area (Å²) in [6.45, 7) is 2.10. The molecule has 0 aliphatic carbocycles. The van der Waals surface area contributed by atoms with Crippen LogP contribution in [0.5, 0.6) is 0 Å². The van der Waals surface area contributed by atoms with E-state index >= 15 is 0 Å². The summed E-state index contributed by atoms with van der Waals surface area (Å²) < 4.78 is 3.14. The molecule has 2 aromatic heterocycles. The minimum Gasteiger partial charge on any atom is -0.283 e. The number of thioether (sulfide) groups is 1. The van der Waals surface area contributed by atoms with Crippen LogP contribution in [-0.4, -0.2) is 20.6 Å². The fourth-order valence-corrected chi connectivity index (χ4v) is 4.29. The third-order valence-corrected chi connectivity index (χ3v) is 5.83. The zero-order valence-electron chi connectivity index (χ0n) is 13.9. The number of hydrogen-bond donors (Lipinski definition) is 0. The van der Waals surface area contributed by atoms with E-state index in [9.17, 15) is 0 Å². The van der Waals surface area contributed by atoms with Crippen molar-refractivity contribution >= 4 is 33.5 Å². The first-order valence-corrected chi connectivity index (χ1v) is 9.93. The molecule has 0 radical (unpaired) electrons. The first kappa shape index (κ1) is 16.4. The Balaban J connectivity index is 2.01. The van der Waals surface area contributed by atoms with Crippen LogP contribution in [-0.2, 0) is 0 Å². The van der Waals surface area contributed by atoms with Crippen LogP contribution in [0.2, 0.25) is 0 Å². The van der Waals surface area contributed by atoms with Crippen LogP contribution < -0.4 is 0 Å². The molecule has 0 atom stereocenters. The Kier molecular flexibility index (Phi) is 4.36. The average molecular weight is 410 g/mol. The second-order valence-corrected chi connectivity index (χ2v) is 7.52. The lowest BCUT2D eigenvalue weighted by atomic mass is 10.0. The van der Waals surface area contributed by atoms with Crippen LogP contribution in [0.3, 0.4) is 0 Å². The number of aryl methyl sites for hydroxylation is 1. The van der Waals surface area contributed by atoms with Gasteiger partial charge in [0.05, 0.1) is 11.4 Å². The van der Waals surface area contributed by atoms with Gasteiger partial charge in [0.15, 0.2) is 0 Å². The van der Waals surface area contributed by atoms with E-state index in [1.165, 1.54) is 10.5 Å². The van der Waals surface area contributed by atoms with E-state index in [0.29, 0.717) is 5.78 Å². The molecule has 4 aromatic rings. The smallest absolute Gasteiger partial charge is 0.234 e. The zero-order chi connectivity index (χ0) is 17.4. The first-order chi connectivity index (χ1) is 12.2. The largest absolute Gasteiger partial charge is 0.283 e. The molecule has 0 aliphatic rings. The van der Waals surface area contributed by atoms with E-state index in [-0.39, 0.29) is 0 Å². The highest BCUT2D eigenvalue weighted by Crippen LogP contribution is 2.36. The summed E-state index contributed by atoms with van der Waals surface area (Å²) in [4.78, 5) is 10.4. The Hall–Kier alpha value is -2.11. The van der Waals surface area contributed by atoms with Gasteiger partial charge in [0.25, 0.3) is 0 Å². The molecular weight excluding hydrogens is 394 g/mol. The Morgan fingerprint density at radius 1 is 1.04 bits per heavy atom. The van der Waals surface area contributed by atoms with Crippen molar-refractivity contribution in [1.82, 2.24) is 14.4 Å². The van der Waals surface area contributed by atoms with Crippen LogP contribution >= 0.6 is 27.7 Å². The van der Waals surface area contributed by atoms with Crippen molar-refractivity contribution in [2.45, 2.75) is 11.8 Å². The van der Waals surface area contributed by atoms with Gasteiger partial charge in [-0.1, -0.05) is 29.8 Å². The highest BCUT2D eigenvalue weighted by atomic mass is 79.9. The van der Waals surface area contributed by atoms with Gasteiger partial charge in [0, 0.05) is 32.9 Å². The van der Waals surface area contributed by atoms with E-state index < -0.39 is 0 Å². The Bertz CT molecular complexity index is 1070. The molecule has 3 nitrogen and oxygen atoms in total. The van der Waals surface area contributed by atoms with Gasteiger partial charge in [-0.2, -0.15) is 0 Å². The molecular formula is C20H16BrN3S. The molecule has 0 fully saturated rings. The number of fused-ring (bicyclic) bond motifs is 1. The summed E-state index contributed by atoms with van der Waals surface area (Å²) >= 11 is 5.41. The Labute approximate surface area is 159 Å². The number of aromatic nitrogens is 3. The van der Waals surface area contributed by atoms with Crippen molar-refractivity contribution < 1.29 is 0 Å². The summed E-state index contributed by atoms with van der Waals surface area (Å²) in [5.74, 6) is 0.707. The first-order valence-electron chi connectivity index (χ1n) is 7.91. The Morgan fingerprint density at radius 2 is 1.92 bits per heavy atom. The minimum atomic E-state index is 0.707. The zero-order valence-corrected chi connectivity index (χ0v) is 16.3. The monoisotopic (exact) mass is 409 g/mol. The second-order valence-electron chi connectivity index (χ2n) is 5.82. The number of halogens is 1. The molecule has 2 heterocycles. The maximum Gasteiger partial charge on any atom is 0.234 e. The van der Waals surface area contributed by atoms with Gasteiger partial charge in [-0.05, 0) is 53.4 Å². The third kappa shape index (κ3) is 2.98. The molecule has 0 N–H and O–H groups in total. The maximum absolute atomic E-state index is 4.80. The molecule has 124 valence electrons.